The number of hydrogen-bond donors (Lipinski definition) is 2. The zero-order valence-electron chi connectivity index (χ0n) is 13.2. The van der Waals surface area contributed by atoms with Crippen LogP contribution in [0, 0.1) is 0 Å². The van der Waals surface area contributed by atoms with Gasteiger partial charge in [-0.05, 0) is 24.6 Å². The molecule has 0 bridgehead atoms. The van der Waals surface area contributed by atoms with Gasteiger partial charge in [-0.15, -0.1) is 0 Å². The third-order valence-electron chi connectivity index (χ3n) is 3.50. The van der Waals surface area contributed by atoms with Crippen LogP contribution in [0.2, 0.25) is 5.02 Å². The Balaban J connectivity index is 1.91. The molecule has 128 valence electrons. The van der Waals surface area contributed by atoms with Gasteiger partial charge in [0.25, 0.3) is 5.91 Å². The smallest absolute Gasteiger partial charge is 0.256 e. The number of nitrogens with one attached hydrogen (secondary N) is 2. The van der Waals surface area contributed by atoms with Crippen LogP contribution in [-0.4, -0.2) is 36.2 Å². The number of benzene rings is 1. The molecule has 1 aromatic carbocycles. The van der Waals surface area contributed by atoms with Gasteiger partial charge < -0.3 is 10.6 Å². The van der Waals surface area contributed by atoms with Gasteiger partial charge >= 0.3 is 0 Å². The average molecular weight is 352 g/mol. The fourth-order valence-electron chi connectivity index (χ4n) is 2.41. The van der Waals surface area contributed by atoms with Crippen molar-refractivity contribution in [1.29, 1.82) is 0 Å². The average Bonchev–Trinajstić information content (AvgIpc) is 2.77. The molecule has 0 aromatic heterocycles. The lowest BCUT2D eigenvalue weighted by Crippen LogP contribution is -2.41. The van der Waals surface area contributed by atoms with Gasteiger partial charge in [0.1, 0.15) is 6.04 Å². The molecule has 1 aromatic rings. The van der Waals surface area contributed by atoms with Crippen molar-refractivity contribution in [3.63, 3.8) is 0 Å². The summed E-state index contributed by atoms with van der Waals surface area (Å²) < 4.78 is 0. The van der Waals surface area contributed by atoms with E-state index in [4.69, 9.17) is 11.6 Å². The summed E-state index contributed by atoms with van der Waals surface area (Å²) in [7, 11) is 0. The number of amides is 4. The number of nitrogens with zero attached hydrogens (tertiary/aromatic N) is 1. The lowest BCUT2D eigenvalue weighted by molar-refractivity contribution is -0.126. The number of carbonyl (C=O) groups excluding carboxylic acids is 4. The predicted octanol–water partition coefficient (Wildman–Crippen LogP) is 1.00. The minimum atomic E-state index is -0.871. The highest BCUT2D eigenvalue weighted by atomic mass is 35.5. The summed E-state index contributed by atoms with van der Waals surface area (Å²) in [4.78, 5) is 48.1. The van der Waals surface area contributed by atoms with Crippen molar-refractivity contribution in [2.75, 3.05) is 11.4 Å². The molecule has 1 aliphatic rings. The molecule has 0 unspecified atom stereocenters. The monoisotopic (exact) mass is 351 g/mol. The molecule has 1 aliphatic heterocycles. The molecule has 7 nitrogen and oxygen atoms in total. The second-order valence-electron chi connectivity index (χ2n) is 5.46. The van der Waals surface area contributed by atoms with Gasteiger partial charge in [0.05, 0.1) is 12.1 Å². The molecule has 0 saturated carbocycles. The van der Waals surface area contributed by atoms with E-state index in [0.29, 0.717) is 23.7 Å². The van der Waals surface area contributed by atoms with Gasteiger partial charge in [0.15, 0.2) is 0 Å². The van der Waals surface area contributed by atoms with Crippen LogP contribution in [0.1, 0.15) is 26.2 Å². The van der Waals surface area contributed by atoms with Crippen molar-refractivity contribution in [2.45, 2.75) is 32.2 Å². The Kier molecular flexibility index (Phi) is 5.92. The van der Waals surface area contributed by atoms with Gasteiger partial charge in [-0.3, -0.25) is 19.2 Å². The summed E-state index contributed by atoms with van der Waals surface area (Å²) in [6.07, 6.45) is 0.538. The molecule has 0 aliphatic carbocycles. The number of hydrogen-bond acceptors (Lipinski definition) is 4. The molecule has 2 N–H and O–H groups in total. The predicted molar refractivity (Wildman–Crippen MR) is 88.4 cm³/mol. The minimum Gasteiger partial charge on any atom is -0.356 e. The van der Waals surface area contributed by atoms with E-state index in [0.717, 1.165) is 4.90 Å². The molecule has 0 spiro atoms. The van der Waals surface area contributed by atoms with E-state index in [1.165, 1.54) is 13.0 Å². The lowest BCUT2D eigenvalue weighted by atomic mass is 10.2. The van der Waals surface area contributed by atoms with Crippen molar-refractivity contribution < 1.29 is 19.2 Å². The molecule has 1 fully saturated rings. The van der Waals surface area contributed by atoms with Crippen LogP contribution in [0.5, 0.6) is 0 Å². The molecule has 1 atom stereocenters. The quantitative estimate of drug-likeness (QED) is 0.590. The van der Waals surface area contributed by atoms with Crippen molar-refractivity contribution in [3.05, 3.63) is 29.3 Å². The molecule has 2 rings (SSSR count). The Morgan fingerprint density at radius 3 is 2.75 bits per heavy atom. The van der Waals surface area contributed by atoms with Crippen LogP contribution in [-0.2, 0) is 19.2 Å². The highest BCUT2D eigenvalue weighted by Gasteiger charge is 2.40. The van der Waals surface area contributed by atoms with Gasteiger partial charge in [0, 0.05) is 24.9 Å². The van der Waals surface area contributed by atoms with E-state index in [1.807, 2.05) is 0 Å². The summed E-state index contributed by atoms with van der Waals surface area (Å²) in [5.41, 5.74) is 0.389. The highest BCUT2D eigenvalue weighted by Crippen LogP contribution is 2.25. The zero-order chi connectivity index (χ0) is 17.7. The Bertz CT molecular complexity index is 677. The molecular weight excluding hydrogens is 334 g/mol. The summed E-state index contributed by atoms with van der Waals surface area (Å²) in [6, 6.07) is 5.55. The van der Waals surface area contributed by atoms with Gasteiger partial charge in [-0.25, -0.2) is 4.90 Å². The normalized spacial score (nSPS) is 17.1. The number of rotatable bonds is 6. The SMILES string of the molecule is CC(=O)NCCCC(=O)N[C@H]1CC(=O)N(c2cccc(Cl)c2)C1=O. The topological polar surface area (TPSA) is 95.6 Å². The van der Waals surface area contributed by atoms with Crippen LogP contribution < -0.4 is 15.5 Å². The Morgan fingerprint density at radius 1 is 1.33 bits per heavy atom. The fourth-order valence-corrected chi connectivity index (χ4v) is 2.60. The van der Waals surface area contributed by atoms with Crippen LogP contribution in [0.25, 0.3) is 0 Å². The van der Waals surface area contributed by atoms with Crippen molar-refractivity contribution in [3.8, 4) is 0 Å². The largest absolute Gasteiger partial charge is 0.356 e. The second-order valence-corrected chi connectivity index (χ2v) is 5.89. The van der Waals surface area contributed by atoms with Crippen LogP contribution in [0.3, 0.4) is 0 Å². The van der Waals surface area contributed by atoms with Crippen molar-refractivity contribution in [2.24, 2.45) is 0 Å². The maximum atomic E-state index is 12.4. The van der Waals surface area contributed by atoms with E-state index in [1.54, 1.807) is 18.2 Å². The fraction of sp³-hybridized carbons (Fsp3) is 0.375. The number of imide groups is 1. The highest BCUT2D eigenvalue weighted by molar-refractivity contribution is 6.31. The maximum absolute atomic E-state index is 12.4. The molecule has 1 saturated heterocycles. The van der Waals surface area contributed by atoms with Crippen molar-refractivity contribution >= 4 is 40.9 Å². The van der Waals surface area contributed by atoms with Gasteiger partial charge in [-0.2, -0.15) is 0 Å². The second kappa shape index (κ2) is 7.92. The summed E-state index contributed by atoms with van der Waals surface area (Å²) in [5.74, 6) is -1.35. The standard InChI is InChI=1S/C16H18ClN3O4/c1-10(21)18-7-3-6-14(22)19-13-9-15(23)20(16(13)24)12-5-2-4-11(17)8-12/h2,4-5,8,13H,3,6-7,9H2,1H3,(H,18,21)(H,19,22)/t13-/m0/s1. The summed E-state index contributed by atoms with van der Waals surface area (Å²) in [5, 5.41) is 5.56. The maximum Gasteiger partial charge on any atom is 0.256 e. The molecule has 8 heteroatoms. The van der Waals surface area contributed by atoms with Gasteiger partial charge in [-0.1, -0.05) is 17.7 Å². The van der Waals surface area contributed by atoms with Gasteiger partial charge in [0.2, 0.25) is 17.7 Å². The third-order valence-corrected chi connectivity index (χ3v) is 3.74. The molecule has 1 heterocycles. The summed E-state index contributed by atoms with van der Waals surface area (Å²) >= 11 is 5.88. The van der Waals surface area contributed by atoms with Crippen LogP contribution >= 0.6 is 11.6 Å². The number of anilines is 1. The van der Waals surface area contributed by atoms with E-state index in [-0.39, 0.29) is 30.6 Å². The first-order chi connectivity index (χ1) is 11.4. The third kappa shape index (κ3) is 4.55. The number of carbonyl (C=O) groups is 4. The molecule has 24 heavy (non-hydrogen) atoms. The van der Waals surface area contributed by atoms with E-state index < -0.39 is 11.9 Å². The minimum absolute atomic E-state index is 0.0806. The van der Waals surface area contributed by atoms with E-state index >= 15 is 0 Å². The first-order valence-electron chi connectivity index (χ1n) is 7.54. The first kappa shape index (κ1) is 17.9. The lowest BCUT2D eigenvalue weighted by Gasteiger charge is -2.15. The Labute approximate surface area is 144 Å². The van der Waals surface area contributed by atoms with Crippen molar-refractivity contribution in [1.82, 2.24) is 10.6 Å². The summed E-state index contributed by atoms with van der Waals surface area (Å²) in [6.45, 7) is 1.78. The molecule has 4 amide bonds. The van der Waals surface area contributed by atoms with E-state index in [2.05, 4.69) is 10.6 Å². The Morgan fingerprint density at radius 2 is 2.08 bits per heavy atom. The van der Waals surface area contributed by atoms with E-state index in [9.17, 15) is 19.2 Å². The molecule has 0 radical (unpaired) electrons. The Hall–Kier alpha value is -2.41. The molecular formula is C16H18ClN3O4. The number of halogens is 1. The first-order valence-corrected chi connectivity index (χ1v) is 7.92. The van der Waals surface area contributed by atoms with Crippen LogP contribution in [0.4, 0.5) is 5.69 Å². The zero-order valence-corrected chi connectivity index (χ0v) is 13.9. The van der Waals surface area contributed by atoms with Crippen LogP contribution in [0.15, 0.2) is 24.3 Å².